The maximum Gasteiger partial charge on any atom is 0.261 e. The fraction of sp³-hybridized carbons (Fsp3) is 0.341. The summed E-state index contributed by atoms with van der Waals surface area (Å²) in [6.45, 7) is 0.542. The van der Waals surface area contributed by atoms with E-state index in [4.69, 9.17) is 14.2 Å². The molecule has 2 saturated carbocycles. The second kappa shape index (κ2) is 12.8. The van der Waals surface area contributed by atoms with Gasteiger partial charge >= 0.3 is 0 Å². The first-order valence-electron chi connectivity index (χ1n) is 19.2. The number of ether oxygens (including phenoxy) is 3. The van der Waals surface area contributed by atoms with Crippen LogP contribution in [0.3, 0.4) is 0 Å². The molecule has 0 radical (unpaired) electrons. The third-order valence-corrected chi connectivity index (χ3v) is 12.1. The first-order valence-corrected chi connectivity index (χ1v) is 19.2. The Labute approximate surface area is 311 Å². The number of hydrogen-bond donors (Lipinski definition) is 0. The predicted octanol–water partition coefficient (Wildman–Crippen LogP) is 8.81. The maximum absolute atomic E-state index is 14.6. The van der Waals surface area contributed by atoms with E-state index in [1.54, 1.807) is 43.8 Å². The Morgan fingerprint density at radius 2 is 1.04 bits per heavy atom. The maximum atomic E-state index is 14.6. The number of imide groups is 2. The molecular formula is C44H39N3O7. The Hall–Kier alpha value is -5.61. The first-order chi connectivity index (χ1) is 26.5. The smallest absolute Gasteiger partial charge is 0.261 e. The second-order valence-electron chi connectivity index (χ2n) is 15.1. The van der Waals surface area contributed by atoms with E-state index in [0.717, 1.165) is 75.0 Å². The molecule has 1 aromatic heterocycles. The summed E-state index contributed by atoms with van der Waals surface area (Å²) < 4.78 is 18.5. The number of amides is 4. The van der Waals surface area contributed by atoms with Crippen LogP contribution in [0.4, 0.5) is 0 Å². The number of pyridine rings is 1. The van der Waals surface area contributed by atoms with Crippen molar-refractivity contribution >= 4 is 66.7 Å². The number of fused-ring (bicyclic) bond motifs is 2. The zero-order valence-electron chi connectivity index (χ0n) is 30.1. The lowest BCUT2D eigenvalue weighted by atomic mass is 9.80. The summed E-state index contributed by atoms with van der Waals surface area (Å²) in [6.07, 6.45) is 12.5. The molecule has 4 amide bonds. The fourth-order valence-corrected chi connectivity index (χ4v) is 9.73. The number of carbonyl (C=O) groups is 4. The second-order valence-corrected chi connectivity index (χ2v) is 15.1. The van der Waals surface area contributed by atoms with Crippen molar-refractivity contribution in [2.75, 3.05) is 20.3 Å². The van der Waals surface area contributed by atoms with Crippen molar-refractivity contribution in [3.63, 3.8) is 0 Å². The summed E-state index contributed by atoms with van der Waals surface area (Å²) in [4.78, 5) is 65.1. The van der Waals surface area contributed by atoms with Crippen LogP contribution >= 0.6 is 0 Å². The highest BCUT2D eigenvalue weighted by atomic mass is 16.5. The van der Waals surface area contributed by atoms with Gasteiger partial charge in [0.25, 0.3) is 23.6 Å². The molecular weight excluding hydrogens is 682 g/mol. The van der Waals surface area contributed by atoms with E-state index < -0.39 is 0 Å². The molecule has 6 aromatic rings. The van der Waals surface area contributed by atoms with Gasteiger partial charge in [0.15, 0.2) is 0 Å². The van der Waals surface area contributed by atoms with E-state index >= 15 is 0 Å². The number of aromatic nitrogens is 1. The highest BCUT2D eigenvalue weighted by Gasteiger charge is 2.42. The summed E-state index contributed by atoms with van der Waals surface area (Å²) in [5.41, 5.74) is 1.76. The molecule has 10 rings (SSSR count). The number of methoxy groups -OCH3 is 1. The normalized spacial score (nSPS) is 18.2. The van der Waals surface area contributed by atoms with Gasteiger partial charge in [-0.05, 0) is 72.9 Å². The van der Waals surface area contributed by atoms with Gasteiger partial charge in [0, 0.05) is 75.0 Å². The van der Waals surface area contributed by atoms with Crippen molar-refractivity contribution in [2.45, 2.75) is 76.3 Å². The van der Waals surface area contributed by atoms with Crippen molar-refractivity contribution in [1.29, 1.82) is 0 Å². The highest BCUT2D eigenvalue weighted by Crippen LogP contribution is 2.53. The molecule has 0 N–H and O–H groups in total. The molecule has 10 nitrogen and oxygen atoms in total. The minimum absolute atomic E-state index is 0.160. The lowest BCUT2D eigenvalue weighted by molar-refractivity contribution is 0.0487. The van der Waals surface area contributed by atoms with E-state index in [1.807, 2.05) is 24.3 Å². The summed E-state index contributed by atoms with van der Waals surface area (Å²) >= 11 is 0. The molecule has 3 heterocycles. The Morgan fingerprint density at radius 1 is 0.556 bits per heavy atom. The van der Waals surface area contributed by atoms with Gasteiger partial charge in [-0.2, -0.15) is 0 Å². The number of rotatable bonds is 8. The minimum atomic E-state index is -0.325. The third kappa shape index (κ3) is 4.78. The zero-order chi connectivity index (χ0) is 36.7. The average Bonchev–Trinajstić information content (AvgIpc) is 3.20. The molecule has 0 saturated heterocycles. The van der Waals surface area contributed by atoms with Gasteiger partial charge in [0.1, 0.15) is 23.9 Å². The molecule has 0 spiro atoms. The molecule has 2 aliphatic carbocycles. The number of nitrogens with zero attached hydrogens (tertiary/aromatic N) is 3. The lowest BCUT2D eigenvalue weighted by Crippen LogP contribution is -2.48. The quantitative estimate of drug-likeness (QED) is 0.0663. The van der Waals surface area contributed by atoms with Crippen LogP contribution in [0.1, 0.15) is 106 Å². The molecule has 0 atom stereocenters. The van der Waals surface area contributed by atoms with Crippen molar-refractivity contribution in [3.8, 4) is 17.2 Å². The van der Waals surface area contributed by atoms with E-state index in [9.17, 15) is 19.2 Å². The van der Waals surface area contributed by atoms with Crippen LogP contribution < -0.4 is 9.47 Å². The topological polar surface area (TPSA) is 115 Å². The molecule has 54 heavy (non-hydrogen) atoms. The third-order valence-electron chi connectivity index (χ3n) is 12.1. The SMILES string of the molecule is COCCOc1cc2c3c(ccc4c5c(Oc6ccncc6)cc6c7c(ccc(c1c34)c75)C(=O)N(C1CCCCC1)C6=O)C(=O)N(C1CCCCC1)C2=O. The van der Waals surface area contributed by atoms with Crippen LogP contribution in [0, 0.1) is 0 Å². The Balaban J connectivity index is 1.31. The van der Waals surface area contributed by atoms with Crippen LogP contribution in [-0.4, -0.2) is 70.8 Å². The monoisotopic (exact) mass is 721 g/mol. The van der Waals surface area contributed by atoms with Crippen LogP contribution in [0.5, 0.6) is 17.2 Å². The first kappa shape index (κ1) is 33.0. The summed E-state index contributed by atoms with van der Waals surface area (Å²) in [5, 5.41) is 5.39. The van der Waals surface area contributed by atoms with E-state index in [2.05, 4.69) is 4.98 Å². The van der Waals surface area contributed by atoms with Crippen LogP contribution in [0.2, 0.25) is 0 Å². The Bertz CT molecular complexity index is 2550. The number of benzene rings is 5. The van der Waals surface area contributed by atoms with Crippen LogP contribution in [-0.2, 0) is 4.74 Å². The van der Waals surface area contributed by atoms with E-state index in [1.165, 1.54) is 9.80 Å². The number of carbonyl (C=O) groups excluding carboxylic acids is 4. The summed E-state index contributed by atoms with van der Waals surface area (Å²) in [7, 11) is 1.60. The largest absolute Gasteiger partial charge is 0.490 e. The lowest BCUT2D eigenvalue weighted by Gasteiger charge is -2.37. The molecule has 2 aliphatic heterocycles. The predicted molar refractivity (Wildman–Crippen MR) is 204 cm³/mol. The molecule has 0 unspecified atom stereocenters. The van der Waals surface area contributed by atoms with Crippen LogP contribution in [0.25, 0.3) is 43.1 Å². The van der Waals surface area contributed by atoms with Gasteiger partial charge < -0.3 is 14.2 Å². The molecule has 5 aromatic carbocycles. The van der Waals surface area contributed by atoms with Gasteiger partial charge in [-0.15, -0.1) is 0 Å². The van der Waals surface area contributed by atoms with E-state index in [0.29, 0.717) is 78.4 Å². The van der Waals surface area contributed by atoms with Gasteiger partial charge in [0.05, 0.1) is 17.7 Å². The van der Waals surface area contributed by atoms with Gasteiger partial charge in [-0.25, -0.2) is 0 Å². The Kier molecular flexibility index (Phi) is 7.80. The zero-order valence-corrected chi connectivity index (χ0v) is 30.1. The summed E-state index contributed by atoms with van der Waals surface area (Å²) in [6, 6.07) is 14.2. The molecule has 272 valence electrons. The van der Waals surface area contributed by atoms with Crippen molar-refractivity contribution in [3.05, 3.63) is 83.2 Å². The molecule has 2 fully saturated rings. The van der Waals surface area contributed by atoms with Crippen LogP contribution in [0.15, 0.2) is 60.9 Å². The number of hydrogen-bond acceptors (Lipinski definition) is 8. The van der Waals surface area contributed by atoms with Gasteiger partial charge in [-0.1, -0.05) is 50.7 Å². The van der Waals surface area contributed by atoms with Crippen molar-refractivity contribution < 1.29 is 33.4 Å². The van der Waals surface area contributed by atoms with Crippen molar-refractivity contribution in [2.24, 2.45) is 0 Å². The standard InChI is InChI=1S/C44H39N3O7/c1-52-20-21-53-33-22-31-35-29(41(48)46(43(31)50)24-8-4-2-5-9-24)15-13-28-38-34(54-26-16-18-45-19-17-26)23-32-36-30(14-12-27(40(36)38)37(33)39(28)35)42(49)47(44(32)51)25-10-6-3-7-11-25/h12-19,22-25H,2-11,20-21H2,1H3. The summed E-state index contributed by atoms with van der Waals surface area (Å²) in [5.74, 6) is 0.217. The fourth-order valence-electron chi connectivity index (χ4n) is 9.73. The minimum Gasteiger partial charge on any atom is -0.490 e. The van der Waals surface area contributed by atoms with Gasteiger partial charge in [0.2, 0.25) is 0 Å². The van der Waals surface area contributed by atoms with E-state index in [-0.39, 0.29) is 42.3 Å². The van der Waals surface area contributed by atoms with Gasteiger partial charge in [-0.3, -0.25) is 34.0 Å². The van der Waals surface area contributed by atoms with Crippen molar-refractivity contribution in [1.82, 2.24) is 14.8 Å². The Morgan fingerprint density at radius 3 is 1.56 bits per heavy atom. The molecule has 4 aliphatic rings. The molecule has 0 bridgehead atoms. The highest BCUT2D eigenvalue weighted by molar-refractivity contribution is 6.43. The molecule has 10 heteroatoms. The average molecular weight is 722 g/mol.